The van der Waals surface area contributed by atoms with Gasteiger partial charge in [-0.3, -0.25) is 62.5 Å². The number of imidazole rings is 1. The van der Waals surface area contributed by atoms with Crippen LogP contribution in [0.1, 0.15) is 144 Å². The lowest BCUT2D eigenvalue weighted by Crippen LogP contribution is -2.62. The molecule has 17 N–H and O–H groups in total. The van der Waals surface area contributed by atoms with E-state index in [2.05, 4.69) is 68.1 Å². The van der Waals surface area contributed by atoms with Crippen molar-refractivity contribution in [1.29, 1.82) is 0 Å². The van der Waals surface area contributed by atoms with Gasteiger partial charge in [0, 0.05) is 43.5 Å². The molecule has 0 bridgehead atoms. The van der Waals surface area contributed by atoms with E-state index in [0.717, 1.165) is 6.42 Å². The van der Waals surface area contributed by atoms with Crippen LogP contribution in [0.4, 0.5) is 0 Å². The van der Waals surface area contributed by atoms with Gasteiger partial charge in [-0.25, -0.2) is 4.98 Å². The highest BCUT2D eigenvalue weighted by molar-refractivity contribution is 8.14. The number of nitrogens with zero attached hydrogens (tertiary/aromatic N) is 2. The van der Waals surface area contributed by atoms with E-state index < -0.39 is 163 Å². The SMILES string of the molecule is CCC(C)C(N)C1=NC(C(=O)NC(CC(C)C)C(=O)N[C@@H](CCC(=O)O)C(=O)NC(C(=O)NC2CCCCNC(=O)[C@H](CC(=O)O)NC(=O)C(Cc3cnc[nH]3)NC(=O)[C@@H](Cc3ccccc3)NC(=O)C(C(C)CC)NC(=O)[C@H](CCCN)NC2=O)C(C)CC)CS1. The second-order valence-corrected chi connectivity index (χ2v) is 25.3. The Labute approximate surface area is 541 Å². The zero-order valence-electron chi connectivity index (χ0n) is 54.0. The number of aromatic nitrogens is 2. The highest BCUT2D eigenvalue weighted by atomic mass is 32.2. The van der Waals surface area contributed by atoms with E-state index in [-0.39, 0.29) is 88.8 Å². The van der Waals surface area contributed by atoms with Crippen LogP contribution in [0.25, 0.3) is 0 Å². The first-order valence-corrected chi connectivity index (χ1v) is 32.8. The minimum atomic E-state index is -1.67. The molecule has 1 saturated heterocycles. The van der Waals surface area contributed by atoms with Crippen LogP contribution in [0.3, 0.4) is 0 Å². The number of nitrogens with one attached hydrogen (secondary N) is 11. The van der Waals surface area contributed by atoms with Gasteiger partial charge in [0.25, 0.3) is 0 Å². The first-order valence-electron chi connectivity index (χ1n) is 31.8. The van der Waals surface area contributed by atoms with E-state index in [1.807, 2.05) is 27.7 Å². The Morgan fingerprint density at radius 2 is 1.33 bits per heavy atom. The summed E-state index contributed by atoms with van der Waals surface area (Å²) in [6, 6.07) is -5.49. The molecule has 2 aromatic rings. The van der Waals surface area contributed by atoms with Crippen molar-refractivity contribution in [2.75, 3.05) is 18.8 Å². The molecule has 4 rings (SSSR count). The molecule has 0 spiro atoms. The lowest BCUT2D eigenvalue weighted by Gasteiger charge is -2.31. The lowest BCUT2D eigenvalue weighted by molar-refractivity contribution is -0.141. The van der Waals surface area contributed by atoms with Gasteiger partial charge in [-0.15, -0.1) is 11.8 Å². The Morgan fingerprint density at radius 1 is 0.696 bits per heavy atom. The predicted octanol–water partition coefficient (Wildman–Crippen LogP) is -0.0378. The molecule has 0 aliphatic carbocycles. The fourth-order valence-electron chi connectivity index (χ4n) is 10.2. The van der Waals surface area contributed by atoms with Crippen LogP contribution < -0.4 is 64.6 Å². The van der Waals surface area contributed by atoms with Gasteiger partial charge in [0.2, 0.25) is 59.1 Å². The highest BCUT2D eigenvalue weighted by Crippen LogP contribution is 2.25. The Balaban J connectivity index is 1.71. The topological polar surface area (TPSA) is 459 Å². The summed E-state index contributed by atoms with van der Waals surface area (Å²) in [6.45, 7) is 14.4. The molecule has 3 heterocycles. The van der Waals surface area contributed by atoms with Crippen LogP contribution in [-0.2, 0) is 70.4 Å². The fourth-order valence-corrected chi connectivity index (χ4v) is 11.4. The van der Waals surface area contributed by atoms with Gasteiger partial charge < -0.3 is 79.8 Å². The first kappa shape index (κ1) is 76.5. The van der Waals surface area contributed by atoms with Gasteiger partial charge >= 0.3 is 11.9 Å². The number of nitrogens with two attached hydrogens (primary N) is 2. The Hall–Kier alpha value is -7.99. The van der Waals surface area contributed by atoms with Crippen molar-refractivity contribution in [3.63, 3.8) is 0 Å². The number of thioether (sulfide) groups is 1. The maximum absolute atomic E-state index is 14.8. The van der Waals surface area contributed by atoms with Crippen molar-refractivity contribution < 1.29 is 67.7 Å². The van der Waals surface area contributed by atoms with Crippen LogP contribution in [0.2, 0.25) is 0 Å². The number of carbonyl (C=O) groups is 12. The third-order valence-corrected chi connectivity index (χ3v) is 17.6. The predicted molar refractivity (Wildman–Crippen MR) is 344 cm³/mol. The lowest BCUT2D eigenvalue weighted by atomic mass is 9.96. The molecule has 14 atom stereocenters. The number of rotatable bonds is 29. The van der Waals surface area contributed by atoms with E-state index >= 15 is 0 Å². The van der Waals surface area contributed by atoms with Gasteiger partial charge in [-0.05, 0) is 80.7 Å². The maximum atomic E-state index is 14.8. The number of hydrogen-bond donors (Lipinski definition) is 15. The standard InChI is InChI=1S/C62H97N15O14S/c1-9-34(6)49(64)62-75-46(31-92-62)59(89)71-42(26-33(4)5)56(86)69-41(22-23-47(78)79)55(85)77-50(35(7)10-2)60(90)70-39-20-15-16-25-66-52(82)45(29-48(80)81)73-58(88)44(28-38-30-65-32-67-38)72-57(87)43(27-37-18-13-12-14-19-37)74-61(91)51(36(8)11-3)76-54(84)40(21-17-24-63)68-53(39)83/h12-14,18-19,30,32-36,39-46,49-51H,9-11,15-17,20-29,31,63-64H2,1-8H3,(H,65,67)(H,66,82)(H,68,83)(H,69,86)(H,70,90)(H,71,89)(H,72,87)(H,73,88)(H,74,91)(H,76,84)(H,77,85)(H,78,79)(H,80,81)/t34?,35?,36?,39?,40-,41-,42?,43+,44?,45-,46?,49?,50?,51?/m0/s1. The molecule has 10 unspecified atom stereocenters. The van der Waals surface area contributed by atoms with E-state index in [1.54, 1.807) is 58.0 Å². The number of hydrogen-bond acceptors (Lipinski definition) is 17. The summed E-state index contributed by atoms with van der Waals surface area (Å²) in [4.78, 5) is 179. The molecule has 2 aliphatic heterocycles. The number of carbonyl (C=O) groups excluding carboxylic acids is 10. The number of benzene rings is 1. The van der Waals surface area contributed by atoms with Crippen molar-refractivity contribution in [1.82, 2.24) is 63.1 Å². The van der Waals surface area contributed by atoms with E-state index in [0.29, 0.717) is 28.5 Å². The molecular formula is C62H97N15O14S. The summed E-state index contributed by atoms with van der Waals surface area (Å²) in [5, 5.41) is 47.1. The monoisotopic (exact) mass is 1310 g/mol. The molecule has 10 amide bonds. The molecule has 1 fully saturated rings. The minimum Gasteiger partial charge on any atom is -0.481 e. The number of aliphatic imine (C=N–C) groups is 1. The molecule has 1 aromatic heterocycles. The van der Waals surface area contributed by atoms with Crippen LogP contribution >= 0.6 is 11.8 Å². The van der Waals surface area contributed by atoms with Crippen molar-refractivity contribution in [3.8, 4) is 0 Å². The molecule has 30 heteroatoms. The maximum Gasteiger partial charge on any atom is 0.305 e. The average Bonchev–Trinajstić information content (AvgIpc) is 1.41. The quantitative estimate of drug-likeness (QED) is 0.0508. The molecule has 0 saturated carbocycles. The number of carboxylic acids is 2. The van der Waals surface area contributed by atoms with Gasteiger partial charge in [-0.1, -0.05) is 105 Å². The Bertz CT molecular complexity index is 2850. The second-order valence-electron chi connectivity index (χ2n) is 24.2. The number of H-pyrrole nitrogens is 1. The van der Waals surface area contributed by atoms with E-state index in [1.165, 1.54) is 24.3 Å². The van der Waals surface area contributed by atoms with Crippen molar-refractivity contribution in [2.45, 2.75) is 212 Å². The van der Waals surface area contributed by atoms with Gasteiger partial charge in [-0.2, -0.15) is 0 Å². The summed E-state index contributed by atoms with van der Waals surface area (Å²) in [5.74, 6) is -12.1. The summed E-state index contributed by atoms with van der Waals surface area (Å²) in [6.07, 6.45) is 2.19. The summed E-state index contributed by atoms with van der Waals surface area (Å²) >= 11 is 1.36. The van der Waals surface area contributed by atoms with Crippen molar-refractivity contribution >= 4 is 87.8 Å². The normalized spacial score (nSPS) is 23.0. The molecule has 29 nitrogen and oxygen atoms in total. The third-order valence-electron chi connectivity index (χ3n) is 16.4. The van der Waals surface area contributed by atoms with Gasteiger partial charge in [0.05, 0.1) is 23.8 Å². The van der Waals surface area contributed by atoms with Crippen LogP contribution in [0.15, 0.2) is 47.8 Å². The van der Waals surface area contributed by atoms with Crippen LogP contribution in [-0.4, -0.2) is 182 Å². The number of carboxylic acid groups (broad SMARTS) is 2. The molecule has 92 heavy (non-hydrogen) atoms. The number of amides is 10. The second kappa shape index (κ2) is 38.8. The fraction of sp³-hybridized carbons (Fsp3) is 0.645. The Kier molecular flexibility index (Phi) is 32.2. The van der Waals surface area contributed by atoms with E-state index in [9.17, 15) is 67.7 Å². The Morgan fingerprint density at radius 3 is 1.93 bits per heavy atom. The highest BCUT2D eigenvalue weighted by Gasteiger charge is 2.39. The molecule has 510 valence electrons. The third kappa shape index (κ3) is 24.9. The first-order chi connectivity index (χ1) is 43.7. The molecular weight excluding hydrogens is 1210 g/mol. The zero-order chi connectivity index (χ0) is 68.2. The van der Waals surface area contributed by atoms with Crippen molar-refractivity contribution in [3.05, 3.63) is 54.1 Å². The smallest absolute Gasteiger partial charge is 0.305 e. The van der Waals surface area contributed by atoms with Crippen molar-refractivity contribution in [2.24, 2.45) is 40.1 Å². The summed E-state index contributed by atoms with van der Waals surface area (Å²) < 4.78 is 0. The summed E-state index contributed by atoms with van der Waals surface area (Å²) in [5.41, 5.74) is 13.3. The van der Waals surface area contributed by atoms with E-state index in [4.69, 9.17) is 11.5 Å². The number of aromatic amines is 1. The minimum absolute atomic E-state index is 0.0513. The largest absolute Gasteiger partial charge is 0.481 e. The van der Waals surface area contributed by atoms with Crippen LogP contribution in [0, 0.1) is 23.7 Å². The molecule has 0 radical (unpaired) electrons. The van der Waals surface area contributed by atoms with Gasteiger partial charge in [0.1, 0.15) is 60.4 Å². The number of aliphatic carboxylic acids is 2. The van der Waals surface area contributed by atoms with Gasteiger partial charge in [0.15, 0.2) is 0 Å². The molecule has 1 aromatic carbocycles. The van der Waals surface area contributed by atoms with Crippen LogP contribution in [0.5, 0.6) is 0 Å². The molecule has 2 aliphatic rings. The summed E-state index contributed by atoms with van der Waals surface area (Å²) in [7, 11) is 0. The average molecular weight is 1310 g/mol. The zero-order valence-corrected chi connectivity index (χ0v) is 54.8.